The molecule has 0 aromatic heterocycles. The molecule has 1 heterocycles. The molecule has 2 aromatic carbocycles. The number of halogens is 1. The predicted molar refractivity (Wildman–Crippen MR) is 119 cm³/mol. The van der Waals surface area contributed by atoms with Crippen molar-refractivity contribution in [2.75, 3.05) is 44.2 Å². The van der Waals surface area contributed by atoms with Gasteiger partial charge >= 0.3 is 0 Å². The van der Waals surface area contributed by atoms with Crippen molar-refractivity contribution in [1.29, 1.82) is 0 Å². The van der Waals surface area contributed by atoms with E-state index in [1.165, 1.54) is 6.07 Å². The standard InChI is InChI=1S/C22H25ClN4O4/c23-17-2-6-19(7-3-17)31-14-13-25-9-11-26(12-10-25)20-8-1-16(15-21(20)27(29)30)22(28)24-18-4-5-18/h1-3,6-8,15,18H,4-5,9-14H2,(H,24,28). The Bertz CT molecular complexity index is 941. The number of hydrogen-bond donors (Lipinski definition) is 1. The lowest BCUT2D eigenvalue weighted by Gasteiger charge is -2.35. The second kappa shape index (κ2) is 9.53. The number of nitro benzene ring substituents is 1. The Kier molecular flexibility index (Phi) is 6.58. The Labute approximate surface area is 185 Å². The largest absolute Gasteiger partial charge is 0.492 e. The van der Waals surface area contributed by atoms with Crippen molar-refractivity contribution < 1.29 is 14.5 Å². The summed E-state index contributed by atoms with van der Waals surface area (Å²) in [7, 11) is 0. The topological polar surface area (TPSA) is 88.0 Å². The first-order valence-corrected chi connectivity index (χ1v) is 10.8. The zero-order valence-electron chi connectivity index (χ0n) is 17.1. The minimum Gasteiger partial charge on any atom is -0.492 e. The smallest absolute Gasteiger partial charge is 0.293 e. The molecule has 1 amide bonds. The summed E-state index contributed by atoms with van der Waals surface area (Å²) in [5.74, 6) is 0.534. The average molecular weight is 445 g/mol. The Morgan fingerprint density at radius 1 is 1.13 bits per heavy atom. The molecule has 2 fully saturated rings. The number of nitrogens with one attached hydrogen (secondary N) is 1. The molecule has 164 valence electrons. The van der Waals surface area contributed by atoms with Crippen molar-refractivity contribution in [2.45, 2.75) is 18.9 Å². The first-order chi connectivity index (χ1) is 15.0. The number of hydrogen-bond acceptors (Lipinski definition) is 6. The number of piperazine rings is 1. The molecule has 0 radical (unpaired) electrons. The number of nitro groups is 1. The van der Waals surface area contributed by atoms with E-state index in [1.54, 1.807) is 24.3 Å². The van der Waals surface area contributed by atoms with Gasteiger partial charge in [-0.1, -0.05) is 11.6 Å². The van der Waals surface area contributed by atoms with E-state index in [0.717, 1.165) is 38.2 Å². The Morgan fingerprint density at radius 3 is 2.48 bits per heavy atom. The molecule has 31 heavy (non-hydrogen) atoms. The van der Waals surface area contributed by atoms with Gasteiger partial charge in [-0.2, -0.15) is 0 Å². The predicted octanol–water partition coefficient (Wildman–Crippen LogP) is 3.34. The highest BCUT2D eigenvalue weighted by Gasteiger charge is 2.27. The third kappa shape index (κ3) is 5.65. The molecular formula is C22H25ClN4O4. The van der Waals surface area contributed by atoms with E-state index in [-0.39, 0.29) is 17.6 Å². The van der Waals surface area contributed by atoms with E-state index in [9.17, 15) is 14.9 Å². The van der Waals surface area contributed by atoms with E-state index >= 15 is 0 Å². The van der Waals surface area contributed by atoms with E-state index < -0.39 is 4.92 Å². The highest BCUT2D eigenvalue weighted by Crippen LogP contribution is 2.30. The van der Waals surface area contributed by atoms with Gasteiger partial charge < -0.3 is 15.0 Å². The highest BCUT2D eigenvalue weighted by molar-refractivity contribution is 6.30. The molecule has 0 unspecified atom stereocenters. The number of carbonyl (C=O) groups excluding carboxylic acids is 1. The van der Waals surface area contributed by atoms with Crippen LogP contribution in [0.4, 0.5) is 11.4 Å². The van der Waals surface area contributed by atoms with Gasteiger partial charge in [-0.15, -0.1) is 0 Å². The molecule has 9 heteroatoms. The highest BCUT2D eigenvalue weighted by atomic mass is 35.5. The first kappa shape index (κ1) is 21.4. The monoisotopic (exact) mass is 444 g/mol. The van der Waals surface area contributed by atoms with Crippen LogP contribution in [0.3, 0.4) is 0 Å². The summed E-state index contributed by atoms with van der Waals surface area (Å²) in [6, 6.07) is 12.2. The maximum atomic E-state index is 12.2. The maximum Gasteiger partial charge on any atom is 0.293 e. The number of amides is 1. The zero-order valence-corrected chi connectivity index (χ0v) is 17.9. The summed E-state index contributed by atoms with van der Waals surface area (Å²) in [6.45, 7) is 4.26. The number of anilines is 1. The van der Waals surface area contributed by atoms with Gasteiger partial charge in [0.2, 0.25) is 0 Å². The van der Waals surface area contributed by atoms with E-state index in [0.29, 0.717) is 36.0 Å². The summed E-state index contributed by atoms with van der Waals surface area (Å²) in [4.78, 5) is 27.8. The fourth-order valence-electron chi connectivity index (χ4n) is 3.61. The van der Waals surface area contributed by atoms with Crippen LogP contribution in [0, 0.1) is 10.1 Å². The van der Waals surface area contributed by atoms with Crippen LogP contribution in [-0.2, 0) is 0 Å². The molecule has 0 bridgehead atoms. The fourth-order valence-corrected chi connectivity index (χ4v) is 3.74. The Morgan fingerprint density at radius 2 is 1.84 bits per heavy atom. The lowest BCUT2D eigenvalue weighted by atomic mass is 10.1. The molecular weight excluding hydrogens is 420 g/mol. The summed E-state index contributed by atoms with van der Waals surface area (Å²) >= 11 is 5.88. The van der Waals surface area contributed by atoms with Gasteiger partial charge in [0.1, 0.15) is 18.0 Å². The van der Waals surface area contributed by atoms with Crippen molar-refractivity contribution in [3.05, 3.63) is 63.2 Å². The molecule has 0 atom stereocenters. The van der Waals surface area contributed by atoms with Crippen LogP contribution in [0.15, 0.2) is 42.5 Å². The molecule has 1 aliphatic heterocycles. The SMILES string of the molecule is O=C(NC1CC1)c1ccc(N2CCN(CCOc3ccc(Cl)cc3)CC2)c([N+](=O)[O-])c1. The summed E-state index contributed by atoms with van der Waals surface area (Å²) in [5.41, 5.74) is 0.869. The average Bonchev–Trinajstić information content (AvgIpc) is 3.59. The lowest BCUT2D eigenvalue weighted by Crippen LogP contribution is -2.47. The first-order valence-electron chi connectivity index (χ1n) is 10.4. The minimum absolute atomic E-state index is 0.0250. The summed E-state index contributed by atoms with van der Waals surface area (Å²) in [6.07, 6.45) is 1.95. The Hall–Kier alpha value is -2.84. The third-order valence-corrected chi connectivity index (χ3v) is 5.80. The van der Waals surface area contributed by atoms with Gasteiger partial charge in [0.15, 0.2) is 0 Å². The molecule has 2 aromatic rings. The van der Waals surface area contributed by atoms with E-state index in [2.05, 4.69) is 10.2 Å². The van der Waals surface area contributed by atoms with Gasteiger partial charge in [0.25, 0.3) is 11.6 Å². The molecule has 1 saturated carbocycles. The number of carbonyl (C=O) groups is 1. The second-order valence-corrected chi connectivity index (χ2v) is 8.28. The fraction of sp³-hybridized carbons (Fsp3) is 0.409. The van der Waals surface area contributed by atoms with E-state index in [4.69, 9.17) is 16.3 Å². The number of rotatable bonds is 8. The molecule has 1 aliphatic carbocycles. The van der Waals surface area contributed by atoms with E-state index in [1.807, 2.05) is 17.0 Å². The van der Waals surface area contributed by atoms with Gasteiger partial charge in [-0.3, -0.25) is 19.8 Å². The van der Waals surface area contributed by atoms with Crippen molar-refractivity contribution in [3.63, 3.8) is 0 Å². The normalized spacial score (nSPS) is 16.7. The number of nitrogens with zero attached hydrogens (tertiary/aromatic N) is 3. The minimum atomic E-state index is -0.407. The summed E-state index contributed by atoms with van der Waals surface area (Å²) < 4.78 is 5.75. The summed E-state index contributed by atoms with van der Waals surface area (Å²) in [5, 5.41) is 15.2. The van der Waals surface area contributed by atoms with Crippen LogP contribution in [0.5, 0.6) is 5.75 Å². The lowest BCUT2D eigenvalue weighted by molar-refractivity contribution is -0.384. The quantitative estimate of drug-likeness (QED) is 0.496. The van der Waals surface area contributed by atoms with Crippen LogP contribution in [0.1, 0.15) is 23.2 Å². The molecule has 1 saturated heterocycles. The van der Waals surface area contributed by atoms with Gasteiger partial charge in [0.05, 0.1) is 4.92 Å². The molecule has 1 N–H and O–H groups in total. The molecule has 2 aliphatic rings. The van der Waals surface area contributed by atoms with Crippen LogP contribution in [0.25, 0.3) is 0 Å². The third-order valence-electron chi connectivity index (χ3n) is 5.55. The van der Waals surface area contributed by atoms with Crippen LogP contribution in [-0.4, -0.2) is 61.1 Å². The van der Waals surface area contributed by atoms with Gasteiger partial charge in [-0.05, 0) is 49.2 Å². The van der Waals surface area contributed by atoms with Crippen molar-refractivity contribution in [2.24, 2.45) is 0 Å². The molecule has 8 nitrogen and oxygen atoms in total. The van der Waals surface area contributed by atoms with Crippen molar-refractivity contribution >= 4 is 28.9 Å². The number of ether oxygens (including phenoxy) is 1. The zero-order chi connectivity index (χ0) is 21.8. The second-order valence-electron chi connectivity index (χ2n) is 7.84. The Balaban J connectivity index is 1.31. The number of benzene rings is 2. The van der Waals surface area contributed by atoms with Gasteiger partial charge in [-0.25, -0.2) is 0 Å². The van der Waals surface area contributed by atoms with Crippen molar-refractivity contribution in [1.82, 2.24) is 10.2 Å². The van der Waals surface area contributed by atoms with Crippen molar-refractivity contribution in [3.8, 4) is 5.75 Å². The molecule has 4 rings (SSSR count). The van der Waals surface area contributed by atoms with Crippen LogP contribution in [0.2, 0.25) is 5.02 Å². The maximum absolute atomic E-state index is 12.2. The van der Waals surface area contributed by atoms with Crippen LogP contribution >= 0.6 is 11.6 Å². The van der Waals surface area contributed by atoms with Gasteiger partial charge in [0, 0.05) is 55.4 Å². The van der Waals surface area contributed by atoms with Crippen LogP contribution < -0.4 is 15.0 Å². The molecule has 0 spiro atoms.